The lowest BCUT2D eigenvalue weighted by molar-refractivity contribution is -0.208. The molecule has 1 aromatic carbocycles. The van der Waals surface area contributed by atoms with Crippen LogP contribution in [0.1, 0.15) is 26.3 Å². The molecule has 2 nitrogen and oxygen atoms in total. The lowest BCUT2D eigenvalue weighted by Gasteiger charge is -2.30. The van der Waals surface area contributed by atoms with E-state index in [4.69, 9.17) is 4.74 Å². The summed E-state index contributed by atoms with van der Waals surface area (Å²) < 4.78 is 44.8. The Balaban J connectivity index is 3.08. The molecule has 0 aliphatic rings. The van der Waals surface area contributed by atoms with Gasteiger partial charge in [-0.2, -0.15) is 13.2 Å². The van der Waals surface area contributed by atoms with E-state index in [9.17, 15) is 18.0 Å². The van der Waals surface area contributed by atoms with Gasteiger partial charge < -0.3 is 4.74 Å². The van der Waals surface area contributed by atoms with Crippen molar-refractivity contribution in [1.29, 1.82) is 0 Å². The molecule has 0 fully saturated rings. The summed E-state index contributed by atoms with van der Waals surface area (Å²) in [6.07, 6.45) is -4.40. The molecule has 0 saturated carbocycles. The van der Waals surface area contributed by atoms with Crippen molar-refractivity contribution in [2.75, 3.05) is 6.61 Å². The van der Waals surface area contributed by atoms with Gasteiger partial charge in [-0.3, -0.25) is 4.79 Å². The lowest BCUT2D eigenvalue weighted by atomic mass is 9.79. The molecule has 0 heterocycles. The summed E-state index contributed by atoms with van der Waals surface area (Å²) in [6.45, 7) is 4.63. The van der Waals surface area contributed by atoms with Crippen LogP contribution < -0.4 is 0 Å². The molecule has 118 valence electrons. The van der Waals surface area contributed by atoms with Gasteiger partial charge in [-0.05, 0) is 24.8 Å². The Kier molecular flexibility index (Phi) is 6.24. The van der Waals surface area contributed by atoms with Gasteiger partial charge in [-0.15, -0.1) is 0 Å². The van der Waals surface area contributed by atoms with Crippen LogP contribution in [0.25, 0.3) is 0 Å². The van der Waals surface area contributed by atoms with Gasteiger partial charge >= 0.3 is 12.1 Å². The Bertz CT molecular complexity index is 441. The molecule has 1 aromatic rings. The van der Waals surface area contributed by atoms with Crippen molar-refractivity contribution >= 4 is 5.97 Å². The standard InChI is InChI=1S/C16H21F3O2/c1-4-21-15(20)13(10-12-8-6-5-7-9-12)14(11(2)3)16(17,18)19/h5-9,11,13-14H,4,10H2,1-3H3/t13-,14-/m1/s1. The van der Waals surface area contributed by atoms with E-state index >= 15 is 0 Å². The molecule has 2 atom stereocenters. The van der Waals surface area contributed by atoms with Crippen LogP contribution >= 0.6 is 0 Å². The number of carbonyl (C=O) groups excluding carboxylic acids is 1. The monoisotopic (exact) mass is 302 g/mol. The predicted molar refractivity (Wildman–Crippen MR) is 74.7 cm³/mol. The van der Waals surface area contributed by atoms with Crippen LogP contribution in [0, 0.1) is 17.8 Å². The van der Waals surface area contributed by atoms with Crippen molar-refractivity contribution in [2.45, 2.75) is 33.4 Å². The van der Waals surface area contributed by atoms with Crippen molar-refractivity contribution in [3.8, 4) is 0 Å². The topological polar surface area (TPSA) is 26.3 Å². The molecule has 5 heteroatoms. The molecule has 0 bridgehead atoms. The van der Waals surface area contributed by atoms with Crippen LogP contribution in [0.5, 0.6) is 0 Å². The normalized spacial score (nSPS) is 14.8. The summed E-state index contributed by atoms with van der Waals surface area (Å²) in [5.41, 5.74) is 0.699. The Morgan fingerprint density at radius 2 is 1.76 bits per heavy atom. The fraction of sp³-hybridized carbons (Fsp3) is 0.562. The molecule has 0 aliphatic heterocycles. The van der Waals surface area contributed by atoms with E-state index in [1.165, 1.54) is 13.8 Å². The van der Waals surface area contributed by atoms with Crippen molar-refractivity contribution in [1.82, 2.24) is 0 Å². The Labute approximate surface area is 123 Å². The minimum absolute atomic E-state index is 0.0298. The van der Waals surface area contributed by atoms with Gasteiger partial charge in [0.15, 0.2) is 0 Å². The third kappa shape index (κ3) is 5.06. The minimum Gasteiger partial charge on any atom is -0.466 e. The van der Waals surface area contributed by atoms with Crippen LogP contribution in [-0.4, -0.2) is 18.8 Å². The molecule has 21 heavy (non-hydrogen) atoms. The van der Waals surface area contributed by atoms with Crippen molar-refractivity contribution < 1.29 is 22.7 Å². The third-order valence-electron chi connectivity index (χ3n) is 3.42. The van der Waals surface area contributed by atoms with Crippen molar-refractivity contribution in [3.05, 3.63) is 35.9 Å². The number of ether oxygens (including phenoxy) is 1. The number of hydrogen-bond acceptors (Lipinski definition) is 2. The second kappa shape index (κ2) is 7.48. The summed E-state index contributed by atoms with van der Waals surface area (Å²) in [5.74, 6) is -4.40. The largest absolute Gasteiger partial charge is 0.466 e. The zero-order chi connectivity index (χ0) is 16.0. The number of rotatable bonds is 6. The number of benzene rings is 1. The number of hydrogen-bond donors (Lipinski definition) is 0. The average Bonchev–Trinajstić information content (AvgIpc) is 2.37. The highest BCUT2D eigenvalue weighted by molar-refractivity contribution is 5.73. The molecular weight excluding hydrogens is 281 g/mol. The van der Waals surface area contributed by atoms with Crippen molar-refractivity contribution in [2.24, 2.45) is 17.8 Å². The fourth-order valence-corrected chi connectivity index (χ4v) is 2.54. The first-order valence-electron chi connectivity index (χ1n) is 7.04. The van der Waals surface area contributed by atoms with Gasteiger partial charge in [0.1, 0.15) is 0 Å². The SMILES string of the molecule is CCOC(=O)[C@H](Cc1ccccc1)[C@@H](C(C)C)C(F)(F)F. The minimum atomic E-state index is -4.43. The van der Waals surface area contributed by atoms with Gasteiger partial charge in [-0.25, -0.2) is 0 Å². The van der Waals surface area contributed by atoms with Crippen LogP contribution in [0.15, 0.2) is 30.3 Å². The first kappa shape index (κ1) is 17.5. The number of esters is 1. The summed E-state index contributed by atoms with van der Waals surface area (Å²) in [6, 6.07) is 8.72. The zero-order valence-corrected chi connectivity index (χ0v) is 12.5. The van der Waals surface area contributed by atoms with E-state index in [1.807, 2.05) is 0 Å². The van der Waals surface area contributed by atoms with Gasteiger partial charge in [-0.1, -0.05) is 44.2 Å². The zero-order valence-electron chi connectivity index (χ0n) is 12.5. The van der Waals surface area contributed by atoms with E-state index in [2.05, 4.69) is 0 Å². The maximum absolute atomic E-state index is 13.3. The van der Waals surface area contributed by atoms with E-state index in [0.29, 0.717) is 5.56 Å². The number of carbonyl (C=O) groups is 1. The molecule has 0 saturated heterocycles. The van der Waals surface area contributed by atoms with Gasteiger partial charge in [0.2, 0.25) is 0 Å². The van der Waals surface area contributed by atoms with E-state index in [1.54, 1.807) is 37.3 Å². The molecule has 0 unspecified atom stereocenters. The predicted octanol–water partition coefficient (Wildman–Crippen LogP) is 4.24. The molecule has 1 rings (SSSR count). The highest BCUT2D eigenvalue weighted by Gasteiger charge is 2.49. The van der Waals surface area contributed by atoms with Gasteiger partial charge in [0.05, 0.1) is 18.4 Å². The molecule has 0 radical (unpaired) electrons. The second-order valence-electron chi connectivity index (χ2n) is 5.36. The van der Waals surface area contributed by atoms with E-state index < -0.39 is 29.9 Å². The third-order valence-corrected chi connectivity index (χ3v) is 3.42. The quantitative estimate of drug-likeness (QED) is 0.735. The van der Waals surface area contributed by atoms with Gasteiger partial charge in [0.25, 0.3) is 0 Å². The summed E-state index contributed by atoms with van der Waals surface area (Å²) in [4.78, 5) is 12.0. The molecule has 0 spiro atoms. The molecule has 0 N–H and O–H groups in total. The Morgan fingerprint density at radius 1 is 1.19 bits per heavy atom. The Morgan fingerprint density at radius 3 is 2.19 bits per heavy atom. The van der Waals surface area contributed by atoms with Crippen LogP contribution in [-0.2, 0) is 16.0 Å². The number of alkyl halides is 3. The molecule has 0 aliphatic carbocycles. The smallest absolute Gasteiger partial charge is 0.392 e. The summed E-state index contributed by atoms with van der Waals surface area (Å²) in [5, 5.41) is 0. The molecular formula is C16H21F3O2. The summed E-state index contributed by atoms with van der Waals surface area (Å²) >= 11 is 0. The van der Waals surface area contributed by atoms with Crippen molar-refractivity contribution in [3.63, 3.8) is 0 Å². The first-order chi connectivity index (χ1) is 9.77. The van der Waals surface area contributed by atoms with E-state index in [-0.39, 0.29) is 13.0 Å². The molecule has 0 aromatic heterocycles. The second-order valence-corrected chi connectivity index (χ2v) is 5.36. The highest BCUT2D eigenvalue weighted by atomic mass is 19.4. The Hall–Kier alpha value is -1.52. The highest BCUT2D eigenvalue weighted by Crippen LogP contribution is 2.39. The average molecular weight is 302 g/mol. The van der Waals surface area contributed by atoms with Gasteiger partial charge in [0, 0.05) is 0 Å². The van der Waals surface area contributed by atoms with Crippen LogP contribution in [0.2, 0.25) is 0 Å². The lowest BCUT2D eigenvalue weighted by Crippen LogP contribution is -2.40. The maximum atomic E-state index is 13.3. The van der Waals surface area contributed by atoms with Crippen LogP contribution in [0.4, 0.5) is 13.2 Å². The molecule has 0 amide bonds. The first-order valence-corrected chi connectivity index (χ1v) is 7.04. The fourth-order valence-electron chi connectivity index (χ4n) is 2.54. The van der Waals surface area contributed by atoms with E-state index in [0.717, 1.165) is 0 Å². The van der Waals surface area contributed by atoms with Crippen LogP contribution in [0.3, 0.4) is 0 Å². The maximum Gasteiger partial charge on any atom is 0.392 e. The number of halogens is 3. The summed E-state index contributed by atoms with van der Waals surface area (Å²) in [7, 11) is 0.